The van der Waals surface area contributed by atoms with Gasteiger partial charge in [-0.15, -0.1) is 0 Å². The normalized spacial score (nSPS) is 17.9. The van der Waals surface area contributed by atoms with Crippen LogP contribution >= 0.6 is 0 Å². The number of likely N-dealkylation sites (tertiary alicyclic amines) is 1. The number of esters is 1. The molecule has 11 heteroatoms. The maximum absolute atomic E-state index is 14.9. The van der Waals surface area contributed by atoms with Crippen LogP contribution in [0.2, 0.25) is 0 Å². The van der Waals surface area contributed by atoms with E-state index in [-0.39, 0.29) is 36.0 Å². The van der Waals surface area contributed by atoms with Gasteiger partial charge in [0.25, 0.3) is 0 Å². The summed E-state index contributed by atoms with van der Waals surface area (Å²) in [5.74, 6) is -4.24. The van der Waals surface area contributed by atoms with Crippen LogP contribution in [0.15, 0.2) is 24.3 Å². The highest BCUT2D eigenvalue weighted by Crippen LogP contribution is 2.31. The lowest BCUT2D eigenvalue weighted by molar-refractivity contribution is -0.173. The fourth-order valence-electron chi connectivity index (χ4n) is 3.88. The van der Waals surface area contributed by atoms with Crippen molar-refractivity contribution in [2.45, 2.75) is 18.5 Å². The quantitative estimate of drug-likeness (QED) is 0.509. The SMILES string of the molecule is COC(=O)C(CN1CC[C@H](CNC(=O)C(F)(F)F)C1)c1c(F)ccc2ccc(OC)nc12. The first-order valence-electron chi connectivity index (χ1n) is 9.92. The molecule has 1 N–H and O–H groups in total. The number of pyridine rings is 1. The molecule has 1 aromatic heterocycles. The number of nitrogens with zero attached hydrogens (tertiary/aromatic N) is 2. The molecule has 1 aromatic carbocycles. The Bertz CT molecular complexity index is 999. The molecule has 0 saturated carbocycles. The standard InChI is InChI=1S/C21H23F4N3O4/c1-31-16-6-4-13-3-5-15(22)17(18(13)27-16)14(19(29)32-2)11-28-8-7-12(10-28)9-26-20(30)21(23,24)25/h3-6,12,14H,7-11H2,1-2H3,(H,26,30)/t12-,14?/m1/s1. The van der Waals surface area contributed by atoms with Crippen LogP contribution in [0.5, 0.6) is 5.88 Å². The zero-order valence-corrected chi connectivity index (χ0v) is 17.5. The molecule has 174 valence electrons. The van der Waals surface area contributed by atoms with Gasteiger partial charge in [0.05, 0.1) is 25.7 Å². The summed E-state index contributed by atoms with van der Waals surface area (Å²) in [6.45, 7) is 0.766. The predicted octanol–water partition coefficient (Wildman–Crippen LogP) is 2.64. The first-order chi connectivity index (χ1) is 15.1. The lowest BCUT2D eigenvalue weighted by Crippen LogP contribution is -2.40. The van der Waals surface area contributed by atoms with Crippen molar-refractivity contribution >= 4 is 22.8 Å². The average molecular weight is 457 g/mol. The zero-order valence-electron chi connectivity index (χ0n) is 17.5. The molecule has 0 bridgehead atoms. The average Bonchev–Trinajstić information content (AvgIpc) is 3.22. The number of carbonyl (C=O) groups is 2. The number of aromatic nitrogens is 1. The maximum Gasteiger partial charge on any atom is 0.471 e. The van der Waals surface area contributed by atoms with Gasteiger partial charge in [0.15, 0.2) is 0 Å². The molecule has 1 fully saturated rings. The Hall–Kier alpha value is -2.95. The Morgan fingerprint density at radius 3 is 2.62 bits per heavy atom. The molecule has 32 heavy (non-hydrogen) atoms. The summed E-state index contributed by atoms with van der Waals surface area (Å²) < 4.78 is 62.1. The molecule has 0 radical (unpaired) electrons. The van der Waals surface area contributed by atoms with Gasteiger partial charge < -0.3 is 19.7 Å². The van der Waals surface area contributed by atoms with E-state index in [0.717, 1.165) is 0 Å². The van der Waals surface area contributed by atoms with E-state index in [9.17, 15) is 27.2 Å². The van der Waals surface area contributed by atoms with Gasteiger partial charge >= 0.3 is 18.1 Å². The van der Waals surface area contributed by atoms with Crippen LogP contribution in [0.3, 0.4) is 0 Å². The van der Waals surface area contributed by atoms with Crippen LogP contribution < -0.4 is 10.1 Å². The molecule has 1 amide bonds. The number of carbonyl (C=O) groups excluding carboxylic acids is 2. The van der Waals surface area contributed by atoms with Crippen molar-refractivity contribution in [2.24, 2.45) is 5.92 Å². The predicted molar refractivity (Wildman–Crippen MR) is 107 cm³/mol. The van der Waals surface area contributed by atoms with Crippen molar-refractivity contribution in [3.05, 3.63) is 35.6 Å². The van der Waals surface area contributed by atoms with Crippen LogP contribution in [0.1, 0.15) is 17.9 Å². The van der Waals surface area contributed by atoms with Crippen LogP contribution in [0.25, 0.3) is 10.9 Å². The third-order valence-corrected chi connectivity index (χ3v) is 5.49. The number of benzene rings is 1. The summed E-state index contributed by atoms with van der Waals surface area (Å²) in [6, 6.07) is 6.12. The summed E-state index contributed by atoms with van der Waals surface area (Å²) in [6.07, 6.45) is -4.41. The van der Waals surface area contributed by atoms with Crippen LogP contribution in [0.4, 0.5) is 17.6 Å². The van der Waals surface area contributed by atoms with Gasteiger partial charge in [0.1, 0.15) is 5.82 Å². The molecule has 2 atom stereocenters. The second kappa shape index (κ2) is 9.68. The third kappa shape index (κ3) is 5.26. The third-order valence-electron chi connectivity index (χ3n) is 5.49. The summed E-state index contributed by atoms with van der Waals surface area (Å²) >= 11 is 0. The molecular formula is C21H23F4N3O4. The Kier molecular flexibility index (Phi) is 7.17. The summed E-state index contributed by atoms with van der Waals surface area (Å²) in [4.78, 5) is 29.8. The highest BCUT2D eigenvalue weighted by Gasteiger charge is 2.39. The molecule has 2 aromatic rings. The number of hydrogen-bond acceptors (Lipinski definition) is 6. The number of rotatable bonds is 7. The van der Waals surface area contributed by atoms with Crippen molar-refractivity contribution < 1.29 is 36.6 Å². The molecule has 3 rings (SSSR count). The first kappa shape index (κ1) is 23.7. The fourth-order valence-corrected chi connectivity index (χ4v) is 3.88. The van der Waals surface area contributed by atoms with Gasteiger partial charge in [-0.25, -0.2) is 9.37 Å². The minimum Gasteiger partial charge on any atom is -0.481 e. The van der Waals surface area contributed by atoms with Gasteiger partial charge in [-0.05, 0) is 37.1 Å². The highest BCUT2D eigenvalue weighted by molar-refractivity contribution is 5.89. The molecule has 1 saturated heterocycles. The smallest absolute Gasteiger partial charge is 0.471 e. The number of nitrogens with one attached hydrogen (secondary N) is 1. The van der Waals surface area contributed by atoms with E-state index < -0.39 is 29.8 Å². The fraction of sp³-hybridized carbons (Fsp3) is 0.476. The monoisotopic (exact) mass is 457 g/mol. The van der Waals surface area contributed by atoms with Crippen molar-refractivity contribution in [1.29, 1.82) is 0 Å². The molecule has 1 aliphatic heterocycles. The van der Waals surface area contributed by atoms with Crippen molar-refractivity contribution in [2.75, 3.05) is 40.4 Å². The van der Waals surface area contributed by atoms with Crippen molar-refractivity contribution in [1.82, 2.24) is 15.2 Å². The van der Waals surface area contributed by atoms with Crippen LogP contribution in [0, 0.1) is 11.7 Å². The number of alkyl halides is 3. The van der Waals surface area contributed by atoms with Gasteiger partial charge in [0, 0.05) is 36.7 Å². The molecular weight excluding hydrogens is 434 g/mol. The molecule has 0 aliphatic carbocycles. The Morgan fingerprint density at radius 2 is 1.97 bits per heavy atom. The Labute approximate surface area is 181 Å². The van der Waals surface area contributed by atoms with E-state index >= 15 is 0 Å². The number of fused-ring (bicyclic) bond motifs is 1. The molecule has 1 aliphatic rings. The second-order valence-corrected chi connectivity index (χ2v) is 7.58. The minimum atomic E-state index is -4.94. The summed E-state index contributed by atoms with van der Waals surface area (Å²) in [7, 11) is 2.62. The topological polar surface area (TPSA) is 80.8 Å². The van der Waals surface area contributed by atoms with Gasteiger partial charge in [-0.1, -0.05) is 0 Å². The summed E-state index contributed by atoms with van der Waals surface area (Å²) in [5, 5.41) is 2.50. The zero-order chi connectivity index (χ0) is 23.5. The molecule has 7 nitrogen and oxygen atoms in total. The van der Waals surface area contributed by atoms with E-state index in [4.69, 9.17) is 9.47 Å². The number of amides is 1. The molecule has 1 unspecified atom stereocenters. The van der Waals surface area contributed by atoms with E-state index in [0.29, 0.717) is 24.9 Å². The number of ether oxygens (including phenoxy) is 2. The lowest BCUT2D eigenvalue weighted by Gasteiger charge is -2.24. The van der Waals surface area contributed by atoms with Crippen LogP contribution in [-0.2, 0) is 14.3 Å². The Balaban J connectivity index is 1.80. The van der Waals surface area contributed by atoms with Gasteiger partial charge in [-0.2, -0.15) is 13.2 Å². The minimum absolute atomic E-state index is 0.0714. The van der Waals surface area contributed by atoms with E-state index in [1.165, 1.54) is 20.3 Å². The van der Waals surface area contributed by atoms with E-state index in [1.54, 1.807) is 18.2 Å². The largest absolute Gasteiger partial charge is 0.481 e. The van der Waals surface area contributed by atoms with Gasteiger partial charge in [-0.3, -0.25) is 9.59 Å². The number of methoxy groups -OCH3 is 2. The maximum atomic E-state index is 14.9. The van der Waals surface area contributed by atoms with Crippen molar-refractivity contribution in [3.8, 4) is 5.88 Å². The first-order valence-corrected chi connectivity index (χ1v) is 9.92. The highest BCUT2D eigenvalue weighted by atomic mass is 19.4. The van der Waals surface area contributed by atoms with E-state index in [2.05, 4.69) is 4.98 Å². The second-order valence-electron chi connectivity index (χ2n) is 7.58. The van der Waals surface area contributed by atoms with Gasteiger partial charge in [0.2, 0.25) is 5.88 Å². The van der Waals surface area contributed by atoms with E-state index in [1.807, 2.05) is 10.2 Å². The molecule has 0 spiro atoms. The summed E-state index contributed by atoms with van der Waals surface area (Å²) in [5.41, 5.74) is 0.343. The molecule has 2 heterocycles. The number of halogens is 4. The van der Waals surface area contributed by atoms with Crippen molar-refractivity contribution in [3.63, 3.8) is 0 Å². The lowest BCUT2D eigenvalue weighted by atomic mass is 9.95. The van der Waals surface area contributed by atoms with Crippen LogP contribution in [-0.4, -0.2) is 68.3 Å². The number of hydrogen-bond donors (Lipinski definition) is 1. The Morgan fingerprint density at radius 1 is 1.25 bits per heavy atom.